The fraction of sp³-hybridized carbons (Fsp3) is 0.0870. The zero-order chi connectivity index (χ0) is 18.6. The number of nitrogens with one attached hydrogen (secondary N) is 1. The molecule has 4 rings (SSSR count). The minimum absolute atomic E-state index is 0.862. The van der Waals surface area contributed by atoms with E-state index in [-0.39, 0.29) is 0 Å². The van der Waals surface area contributed by atoms with Crippen LogP contribution >= 0.6 is 11.3 Å². The average Bonchev–Trinajstić information content (AvgIpc) is 3.05. The highest BCUT2D eigenvalue weighted by Crippen LogP contribution is 2.32. The molecule has 27 heavy (non-hydrogen) atoms. The third-order valence-electron chi connectivity index (χ3n) is 4.41. The van der Waals surface area contributed by atoms with Crippen LogP contribution in [0.1, 0.15) is 4.88 Å². The first kappa shape index (κ1) is 17.3. The van der Waals surface area contributed by atoms with Crippen LogP contribution in [0.5, 0.6) is 5.75 Å². The molecule has 0 atom stereocenters. The van der Waals surface area contributed by atoms with Crippen LogP contribution in [-0.2, 0) is 0 Å². The summed E-state index contributed by atoms with van der Waals surface area (Å²) in [6, 6.07) is 29.0. The largest absolute Gasteiger partial charge is 0.497 e. The molecule has 1 aromatic heterocycles. The second-order valence-corrected chi connectivity index (χ2v) is 7.41. The number of hydrogen-bond donors (Lipinski definition) is 1. The van der Waals surface area contributed by atoms with Crippen LogP contribution in [0.2, 0.25) is 0 Å². The molecule has 3 aromatic carbocycles. The van der Waals surface area contributed by atoms with Crippen LogP contribution in [0.25, 0.3) is 16.9 Å². The molecule has 0 radical (unpaired) electrons. The summed E-state index contributed by atoms with van der Waals surface area (Å²) in [5.74, 6) is 0.862. The lowest BCUT2D eigenvalue weighted by Crippen LogP contribution is -2.33. The van der Waals surface area contributed by atoms with Crippen LogP contribution < -0.4 is 14.6 Å². The Labute approximate surface area is 163 Å². The van der Waals surface area contributed by atoms with Crippen molar-refractivity contribution in [3.8, 4) is 22.7 Å². The Kier molecular flexibility index (Phi) is 4.90. The number of nitrogens with zero attached hydrogens (tertiary/aromatic N) is 1. The maximum atomic E-state index is 5.32. The van der Waals surface area contributed by atoms with E-state index in [1.54, 1.807) is 18.4 Å². The maximum Gasteiger partial charge on any atom is 0.344 e. The van der Waals surface area contributed by atoms with E-state index in [1.165, 1.54) is 10.6 Å². The first-order chi connectivity index (χ1) is 13.3. The number of methoxy groups -OCH3 is 1. The van der Waals surface area contributed by atoms with Crippen molar-refractivity contribution in [3.63, 3.8) is 0 Å². The molecule has 0 bridgehead atoms. The Morgan fingerprint density at radius 2 is 1.44 bits per heavy atom. The number of thiazole rings is 1. The zero-order valence-electron chi connectivity index (χ0n) is 15.3. The van der Waals surface area contributed by atoms with Crippen molar-refractivity contribution in [2.75, 3.05) is 12.4 Å². The number of hydrogen-bond acceptors (Lipinski definition) is 3. The molecule has 4 aromatic rings. The monoisotopic (exact) mass is 373 g/mol. The average molecular weight is 374 g/mol. The van der Waals surface area contributed by atoms with Crippen molar-refractivity contribution in [3.05, 3.63) is 89.8 Å². The van der Waals surface area contributed by atoms with E-state index in [4.69, 9.17) is 4.74 Å². The summed E-state index contributed by atoms with van der Waals surface area (Å²) in [6.45, 7) is 2.17. The van der Waals surface area contributed by atoms with Gasteiger partial charge in [0.2, 0.25) is 0 Å². The first-order valence-corrected chi connectivity index (χ1v) is 9.65. The summed E-state index contributed by atoms with van der Waals surface area (Å²) < 4.78 is 7.60. The van der Waals surface area contributed by atoms with Gasteiger partial charge in [-0.15, -0.1) is 0 Å². The molecule has 3 nitrogen and oxygen atoms in total. The predicted molar refractivity (Wildman–Crippen MR) is 112 cm³/mol. The van der Waals surface area contributed by atoms with Crippen LogP contribution in [-0.4, -0.2) is 7.11 Å². The molecule has 1 heterocycles. The SMILES string of the molecule is COc1ccc(-c2c(C)sc(Nc3ccccc3)[n+]2-c2ccccc2)cc1. The van der Waals surface area contributed by atoms with E-state index in [1.807, 2.05) is 36.4 Å². The molecule has 4 heteroatoms. The van der Waals surface area contributed by atoms with Crippen molar-refractivity contribution in [1.29, 1.82) is 0 Å². The number of rotatable bonds is 5. The van der Waals surface area contributed by atoms with Gasteiger partial charge in [0, 0.05) is 5.56 Å². The molecule has 0 saturated carbocycles. The van der Waals surface area contributed by atoms with E-state index in [0.29, 0.717) is 0 Å². The lowest BCUT2D eigenvalue weighted by atomic mass is 10.1. The number of aromatic nitrogens is 1. The number of benzene rings is 3. The van der Waals surface area contributed by atoms with Gasteiger partial charge < -0.3 is 4.74 Å². The summed E-state index contributed by atoms with van der Waals surface area (Å²) >= 11 is 1.76. The Morgan fingerprint density at radius 3 is 2.07 bits per heavy atom. The second kappa shape index (κ2) is 7.64. The Bertz CT molecular complexity index is 1030. The van der Waals surface area contributed by atoms with Gasteiger partial charge in [-0.05, 0) is 55.5 Å². The standard InChI is InChI=1S/C23H20N2OS/c1-17-22(18-13-15-21(26-2)16-14-18)25(20-11-7-4-8-12-20)23(27-17)24-19-9-5-3-6-10-19/h3-16H,1-2H3/p+1. The molecular weight excluding hydrogens is 352 g/mol. The molecule has 1 N–H and O–H groups in total. The van der Waals surface area contributed by atoms with E-state index >= 15 is 0 Å². The van der Waals surface area contributed by atoms with Gasteiger partial charge in [-0.2, -0.15) is 4.57 Å². The summed E-state index contributed by atoms with van der Waals surface area (Å²) in [7, 11) is 1.69. The van der Waals surface area contributed by atoms with Gasteiger partial charge in [-0.1, -0.05) is 47.7 Å². The molecule has 0 fully saturated rings. The maximum absolute atomic E-state index is 5.32. The smallest absolute Gasteiger partial charge is 0.344 e. The fourth-order valence-corrected chi connectivity index (χ4v) is 4.18. The molecule has 134 valence electrons. The first-order valence-electron chi connectivity index (χ1n) is 8.83. The highest BCUT2D eigenvalue weighted by molar-refractivity contribution is 7.15. The molecule has 0 saturated heterocycles. The molecular formula is C23H21N2OS+. The molecule has 0 spiro atoms. The van der Waals surface area contributed by atoms with Crippen LogP contribution in [0.4, 0.5) is 10.8 Å². The third-order valence-corrected chi connectivity index (χ3v) is 5.39. The molecule has 0 unspecified atom stereocenters. The minimum atomic E-state index is 0.862. The van der Waals surface area contributed by atoms with E-state index < -0.39 is 0 Å². The molecule has 0 amide bonds. The summed E-state index contributed by atoms with van der Waals surface area (Å²) in [6.07, 6.45) is 0. The van der Waals surface area contributed by atoms with Gasteiger partial charge in [0.15, 0.2) is 5.69 Å². The van der Waals surface area contributed by atoms with E-state index in [0.717, 1.165) is 27.8 Å². The fourth-order valence-electron chi connectivity index (χ4n) is 3.13. The van der Waals surface area contributed by atoms with Crippen molar-refractivity contribution in [1.82, 2.24) is 0 Å². The van der Waals surface area contributed by atoms with Gasteiger partial charge >= 0.3 is 5.13 Å². The Balaban J connectivity index is 1.87. The van der Waals surface area contributed by atoms with Crippen LogP contribution in [0.15, 0.2) is 84.9 Å². The van der Waals surface area contributed by atoms with Gasteiger partial charge in [0.05, 0.1) is 12.0 Å². The zero-order valence-corrected chi connectivity index (χ0v) is 16.2. The summed E-state index contributed by atoms with van der Waals surface area (Å²) in [5.41, 5.74) is 4.55. The number of anilines is 2. The quantitative estimate of drug-likeness (QED) is 0.450. The van der Waals surface area contributed by atoms with Crippen molar-refractivity contribution < 1.29 is 9.30 Å². The third kappa shape index (κ3) is 3.57. The summed E-state index contributed by atoms with van der Waals surface area (Å²) in [4.78, 5) is 1.25. The molecule has 0 aliphatic carbocycles. The summed E-state index contributed by atoms with van der Waals surface area (Å²) in [5, 5.41) is 4.66. The highest BCUT2D eigenvalue weighted by atomic mass is 32.1. The van der Waals surface area contributed by atoms with Crippen molar-refractivity contribution >= 4 is 22.2 Å². The van der Waals surface area contributed by atoms with Gasteiger partial charge in [-0.25, -0.2) is 5.32 Å². The highest BCUT2D eigenvalue weighted by Gasteiger charge is 2.25. The lowest BCUT2D eigenvalue weighted by molar-refractivity contribution is -0.563. The predicted octanol–water partition coefficient (Wildman–Crippen LogP) is 5.75. The normalized spacial score (nSPS) is 10.6. The topological polar surface area (TPSA) is 25.1 Å². The molecule has 0 aliphatic rings. The van der Waals surface area contributed by atoms with E-state index in [9.17, 15) is 0 Å². The Morgan fingerprint density at radius 1 is 0.815 bits per heavy atom. The van der Waals surface area contributed by atoms with Gasteiger partial charge in [0.1, 0.15) is 17.1 Å². The van der Waals surface area contributed by atoms with Crippen LogP contribution in [0, 0.1) is 6.92 Å². The number of aryl methyl sites for hydroxylation is 1. The second-order valence-electron chi connectivity index (χ2n) is 6.20. The minimum Gasteiger partial charge on any atom is -0.497 e. The lowest BCUT2D eigenvalue weighted by Gasteiger charge is -2.07. The number of para-hydroxylation sites is 2. The van der Waals surface area contributed by atoms with Gasteiger partial charge in [0.25, 0.3) is 0 Å². The van der Waals surface area contributed by atoms with E-state index in [2.05, 4.69) is 65.3 Å². The number of ether oxygens (including phenoxy) is 1. The van der Waals surface area contributed by atoms with Gasteiger partial charge in [-0.3, -0.25) is 0 Å². The Hall–Kier alpha value is -3.11. The van der Waals surface area contributed by atoms with Crippen molar-refractivity contribution in [2.24, 2.45) is 0 Å². The molecule has 0 aliphatic heterocycles. The van der Waals surface area contributed by atoms with Crippen molar-refractivity contribution in [2.45, 2.75) is 6.92 Å². The van der Waals surface area contributed by atoms with Crippen LogP contribution in [0.3, 0.4) is 0 Å².